The topological polar surface area (TPSA) is 68.8 Å². The lowest BCUT2D eigenvalue weighted by Crippen LogP contribution is -2.50. The Hall–Kier alpha value is -3.69. The van der Waals surface area contributed by atoms with Crippen molar-refractivity contribution in [3.63, 3.8) is 0 Å². The van der Waals surface area contributed by atoms with Crippen molar-refractivity contribution in [1.29, 1.82) is 0 Å². The zero-order valence-corrected chi connectivity index (χ0v) is 18.6. The second kappa shape index (κ2) is 7.41. The third-order valence-corrected chi connectivity index (χ3v) is 7.00. The van der Waals surface area contributed by atoms with Gasteiger partial charge in [-0.2, -0.15) is 5.10 Å². The molecule has 0 spiro atoms. The lowest BCUT2D eigenvalue weighted by atomic mass is 9.81. The van der Waals surface area contributed by atoms with Gasteiger partial charge in [0, 0.05) is 37.5 Å². The fourth-order valence-corrected chi connectivity index (χ4v) is 5.54. The van der Waals surface area contributed by atoms with Crippen LogP contribution >= 0.6 is 0 Å². The maximum Gasteiger partial charge on any atom is 0.257 e. The van der Waals surface area contributed by atoms with Crippen molar-refractivity contribution in [2.75, 3.05) is 0 Å². The van der Waals surface area contributed by atoms with Crippen molar-refractivity contribution in [1.82, 2.24) is 29.2 Å². The number of hydrogen-bond donors (Lipinski definition) is 0. The van der Waals surface area contributed by atoms with E-state index in [0.717, 1.165) is 42.7 Å². The van der Waals surface area contributed by atoms with Gasteiger partial charge in [-0.05, 0) is 43.9 Å². The van der Waals surface area contributed by atoms with Crippen molar-refractivity contribution < 1.29 is 18.0 Å². The van der Waals surface area contributed by atoms with E-state index in [1.54, 1.807) is 34.9 Å². The predicted molar refractivity (Wildman–Crippen MR) is 117 cm³/mol. The zero-order chi connectivity index (χ0) is 23.7. The summed E-state index contributed by atoms with van der Waals surface area (Å²) in [6.45, 7) is 0. The van der Waals surface area contributed by atoms with E-state index >= 15 is 0 Å². The summed E-state index contributed by atoms with van der Waals surface area (Å²) in [5.41, 5.74) is 4.03. The summed E-state index contributed by atoms with van der Waals surface area (Å²) in [7, 11) is 3.53. The van der Waals surface area contributed by atoms with Crippen LogP contribution in [0.15, 0.2) is 30.7 Å². The van der Waals surface area contributed by atoms with Crippen LogP contribution in [0.25, 0.3) is 22.4 Å². The molecule has 10 heteroatoms. The molecule has 2 bridgehead atoms. The fourth-order valence-electron chi connectivity index (χ4n) is 5.54. The third-order valence-electron chi connectivity index (χ3n) is 7.00. The van der Waals surface area contributed by atoms with Crippen LogP contribution in [-0.4, -0.2) is 41.2 Å². The highest BCUT2D eigenvalue weighted by atomic mass is 19.2. The van der Waals surface area contributed by atoms with Crippen LogP contribution in [0.2, 0.25) is 0 Å². The van der Waals surface area contributed by atoms with Crippen molar-refractivity contribution in [2.24, 2.45) is 14.1 Å². The summed E-state index contributed by atoms with van der Waals surface area (Å²) in [5.74, 6) is -4.10. The lowest BCUT2D eigenvalue weighted by molar-refractivity contribution is 0.0393. The number of carbonyl (C=O) groups is 1. The average molecular weight is 466 g/mol. The van der Waals surface area contributed by atoms with E-state index in [0.29, 0.717) is 28.8 Å². The highest BCUT2D eigenvalue weighted by Crippen LogP contribution is 2.45. The summed E-state index contributed by atoms with van der Waals surface area (Å²) in [5, 5.41) is 4.67. The summed E-state index contributed by atoms with van der Waals surface area (Å²) in [6, 6.07) is 3.33. The number of benzene rings is 1. The quantitative estimate of drug-likeness (QED) is 0.418. The maximum atomic E-state index is 14.0. The molecule has 4 aromatic rings. The Morgan fingerprint density at radius 2 is 1.85 bits per heavy atom. The van der Waals surface area contributed by atoms with Crippen molar-refractivity contribution in [3.8, 4) is 11.3 Å². The minimum atomic E-state index is -1.49. The first-order chi connectivity index (χ1) is 16.3. The molecule has 5 heterocycles. The van der Waals surface area contributed by atoms with Gasteiger partial charge in [-0.3, -0.25) is 9.48 Å². The monoisotopic (exact) mass is 466 g/mol. The van der Waals surface area contributed by atoms with Gasteiger partial charge in [-0.25, -0.2) is 23.1 Å². The van der Waals surface area contributed by atoms with Crippen molar-refractivity contribution >= 4 is 17.1 Å². The number of imidazole rings is 1. The Morgan fingerprint density at radius 3 is 2.62 bits per heavy atom. The molecule has 3 aromatic heterocycles. The number of nitrogens with zero attached hydrogens (tertiary/aromatic N) is 6. The van der Waals surface area contributed by atoms with Gasteiger partial charge >= 0.3 is 0 Å². The third kappa shape index (κ3) is 2.90. The first kappa shape index (κ1) is 20.9. The Kier molecular flexibility index (Phi) is 4.55. The molecule has 1 amide bonds. The Balaban J connectivity index is 1.46. The summed E-state index contributed by atoms with van der Waals surface area (Å²) in [6.07, 6.45) is 6.22. The molecular weight excluding hydrogens is 445 g/mol. The van der Waals surface area contributed by atoms with E-state index < -0.39 is 17.5 Å². The molecular formula is C24H21F3N6O. The van der Waals surface area contributed by atoms with E-state index in [-0.39, 0.29) is 23.6 Å². The number of pyridine rings is 1. The van der Waals surface area contributed by atoms with Gasteiger partial charge in [0.25, 0.3) is 5.91 Å². The van der Waals surface area contributed by atoms with Crippen LogP contribution in [0.1, 0.15) is 46.9 Å². The summed E-state index contributed by atoms with van der Waals surface area (Å²) < 4.78 is 44.9. The molecule has 2 aliphatic heterocycles. The molecule has 174 valence electrons. The Morgan fingerprint density at radius 1 is 1.09 bits per heavy atom. The van der Waals surface area contributed by atoms with E-state index in [1.807, 2.05) is 11.9 Å². The van der Waals surface area contributed by atoms with Crippen molar-refractivity contribution in [2.45, 2.75) is 37.8 Å². The Labute approximate surface area is 192 Å². The largest absolute Gasteiger partial charge is 0.327 e. The molecule has 7 nitrogen and oxygen atoms in total. The van der Waals surface area contributed by atoms with Gasteiger partial charge in [-0.15, -0.1) is 0 Å². The van der Waals surface area contributed by atoms with Crippen LogP contribution in [0.3, 0.4) is 0 Å². The Bertz CT molecular complexity index is 1450. The molecule has 0 aliphatic carbocycles. The number of aryl methyl sites for hydroxylation is 2. The number of carbonyl (C=O) groups excluding carboxylic acids is 1. The molecule has 0 radical (unpaired) electrons. The summed E-state index contributed by atoms with van der Waals surface area (Å²) in [4.78, 5) is 24.4. The highest BCUT2D eigenvalue weighted by molar-refractivity contribution is 6.04. The smallest absolute Gasteiger partial charge is 0.257 e. The highest BCUT2D eigenvalue weighted by Gasteiger charge is 2.44. The molecule has 2 aliphatic rings. The molecule has 1 fully saturated rings. The lowest BCUT2D eigenvalue weighted by Gasteiger charge is -2.45. The first-order valence-corrected chi connectivity index (χ1v) is 11.1. The number of amides is 1. The van der Waals surface area contributed by atoms with E-state index in [9.17, 15) is 18.0 Å². The van der Waals surface area contributed by atoms with Gasteiger partial charge in [0.15, 0.2) is 23.1 Å². The number of aromatic nitrogens is 5. The minimum Gasteiger partial charge on any atom is -0.327 e. The van der Waals surface area contributed by atoms with Gasteiger partial charge in [0.1, 0.15) is 5.52 Å². The SMILES string of the molecule is Cn1nc2c(c1-c1cc(F)c(F)c(F)c1)C[C@@H]1CCC[C@H]2N1C(=O)c1ccnc2c1ncn2C. The van der Waals surface area contributed by atoms with E-state index in [1.165, 1.54) is 0 Å². The van der Waals surface area contributed by atoms with Gasteiger partial charge in [-0.1, -0.05) is 0 Å². The normalized spacial score (nSPS) is 19.5. The average Bonchev–Trinajstić information content (AvgIpc) is 3.35. The maximum absolute atomic E-state index is 14.0. The van der Waals surface area contributed by atoms with Crippen LogP contribution in [-0.2, 0) is 20.5 Å². The van der Waals surface area contributed by atoms with Gasteiger partial charge in [0.2, 0.25) is 0 Å². The van der Waals surface area contributed by atoms with Crippen LogP contribution in [0.5, 0.6) is 0 Å². The van der Waals surface area contributed by atoms with Crippen LogP contribution < -0.4 is 0 Å². The number of fused-ring (bicyclic) bond motifs is 5. The number of halogens is 3. The van der Waals surface area contributed by atoms with Crippen molar-refractivity contribution in [3.05, 3.63) is 65.0 Å². The number of rotatable bonds is 2. The molecule has 0 saturated carbocycles. The molecule has 1 aromatic carbocycles. The van der Waals surface area contributed by atoms with Gasteiger partial charge < -0.3 is 9.47 Å². The fraction of sp³-hybridized carbons (Fsp3) is 0.333. The molecule has 0 N–H and O–H groups in total. The summed E-state index contributed by atoms with van der Waals surface area (Å²) >= 11 is 0. The molecule has 34 heavy (non-hydrogen) atoms. The second-order valence-corrected chi connectivity index (χ2v) is 8.99. The molecule has 1 saturated heterocycles. The van der Waals surface area contributed by atoms with Crippen LogP contribution in [0.4, 0.5) is 13.2 Å². The van der Waals surface area contributed by atoms with E-state index in [4.69, 9.17) is 0 Å². The molecule has 6 rings (SSSR count). The standard InChI is InChI=1S/C24H21F3N6O/c1-31-11-29-21-14(6-7-28-23(21)31)24(34)33-13-4-3-5-18(33)20-15(10-13)22(32(2)30-20)12-8-16(25)19(27)17(26)9-12/h6-9,11,13,18H,3-5,10H2,1-2H3/t13-,18+/m0/s1. The molecule has 0 unspecified atom stereocenters. The second-order valence-electron chi connectivity index (χ2n) is 8.99. The van der Waals surface area contributed by atoms with Crippen LogP contribution in [0, 0.1) is 17.5 Å². The molecule has 2 atom stereocenters. The predicted octanol–water partition coefficient (Wildman–Crippen LogP) is 4.08. The van der Waals surface area contributed by atoms with Gasteiger partial charge in [0.05, 0.1) is 29.3 Å². The van der Waals surface area contributed by atoms with E-state index in [2.05, 4.69) is 15.1 Å². The minimum absolute atomic E-state index is 0.0937. The first-order valence-electron chi connectivity index (χ1n) is 11.1. The number of piperidine rings is 1. The number of hydrogen-bond acceptors (Lipinski definition) is 4. The zero-order valence-electron chi connectivity index (χ0n) is 18.6.